The average molecular weight is 283 g/mol. The minimum atomic E-state index is -0.167. The minimum Gasteiger partial charge on any atom is -0.383 e. The van der Waals surface area contributed by atoms with E-state index in [9.17, 15) is 4.79 Å². The number of hydrogen-bond donors (Lipinski definition) is 1. The number of likely N-dealkylation sites (N-methyl/N-ethyl adjacent to an activating group) is 1. The lowest BCUT2D eigenvalue weighted by Crippen LogP contribution is -2.37. The number of halogens is 1. The molecule has 0 fully saturated rings. The van der Waals surface area contributed by atoms with E-state index < -0.39 is 0 Å². The smallest absolute Gasteiger partial charge is 0.239 e. The summed E-state index contributed by atoms with van der Waals surface area (Å²) in [5, 5.41) is 11.8. The predicted molar refractivity (Wildman–Crippen MR) is 72.1 cm³/mol. The Kier molecular flexibility index (Phi) is 6.06. The predicted octanol–water partition coefficient (Wildman–Crippen LogP) is 0.805. The van der Waals surface area contributed by atoms with Gasteiger partial charge in [0.1, 0.15) is 16.9 Å². The van der Waals surface area contributed by atoms with Crippen LogP contribution in [0.4, 0.5) is 5.82 Å². The van der Waals surface area contributed by atoms with Gasteiger partial charge >= 0.3 is 0 Å². The van der Waals surface area contributed by atoms with Crippen LogP contribution in [0.25, 0.3) is 0 Å². The molecule has 0 radical (unpaired) electrons. The maximum atomic E-state index is 11.6. The zero-order chi connectivity index (χ0) is 14.3. The number of carbonyl (C=O) groups is 1. The SMILES string of the molecule is COCCNC(=O)CN(C)c1nccc(C#N)c1Cl. The second-order valence-corrected chi connectivity index (χ2v) is 4.18. The molecule has 102 valence electrons. The maximum Gasteiger partial charge on any atom is 0.239 e. The molecule has 7 heteroatoms. The zero-order valence-corrected chi connectivity index (χ0v) is 11.6. The van der Waals surface area contributed by atoms with Crippen molar-refractivity contribution in [3.8, 4) is 6.07 Å². The Labute approximate surface area is 116 Å². The third-order valence-electron chi connectivity index (χ3n) is 2.36. The number of hydrogen-bond acceptors (Lipinski definition) is 5. The number of nitrogens with one attached hydrogen (secondary N) is 1. The summed E-state index contributed by atoms with van der Waals surface area (Å²) >= 11 is 6.04. The molecule has 0 aliphatic rings. The van der Waals surface area contributed by atoms with Gasteiger partial charge in [-0.3, -0.25) is 4.79 Å². The van der Waals surface area contributed by atoms with Crippen molar-refractivity contribution in [3.05, 3.63) is 22.8 Å². The number of rotatable bonds is 6. The van der Waals surface area contributed by atoms with E-state index in [0.29, 0.717) is 24.5 Å². The van der Waals surface area contributed by atoms with Gasteiger partial charge in [0.15, 0.2) is 0 Å². The van der Waals surface area contributed by atoms with Gasteiger partial charge in [-0.15, -0.1) is 0 Å². The fraction of sp³-hybridized carbons (Fsp3) is 0.417. The molecule has 0 saturated carbocycles. The van der Waals surface area contributed by atoms with Crippen molar-refractivity contribution in [3.63, 3.8) is 0 Å². The zero-order valence-electron chi connectivity index (χ0n) is 10.8. The van der Waals surface area contributed by atoms with Crippen LogP contribution in [0.3, 0.4) is 0 Å². The minimum absolute atomic E-state index is 0.102. The molecular weight excluding hydrogens is 268 g/mol. The van der Waals surface area contributed by atoms with E-state index in [2.05, 4.69) is 10.3 Å². The van der Waals surface area contributed by atoms with Gasteiger partial charge in [0.25, 0.3) is 0 Å². The Hall–Kier alpha value is -1.84. The fourth-order valence-electron chi connectivity index (χ4n) is 1.42. The van der Waals surface area contributed by atoms with Crippen LogP contribution in [0.1, 0.15) is 5.56 Å². The van der Waals surface area contributed by atoms with Crippen LogP contribution in [0.15, 0.2) is 12.3 Å². The Morgan fingerprint density at radius 1 is 1.68 bits per heavy atom. The van der Waals surface area contributed by atoms with Gasteiger partial charge in [-0.25, -0.2) is 4.98 Å². The van der Waals surface area contributed by atoms with Crippen molar-refractivity contribution in [2.75, 3.05) is 38.8 Å². The molecule has 6 nitrogen and oxygen atoms in total. The van der Waals surface area contributed by atoms with Crippen molar-refractivity contribution in [2.24, 2.45) is 0 Å². The number of ether oxygens (including phenoxy) is 1. The van der Waals surface area contributed by atoms with E-state index in [0.717, 1.165) is 0 Å². The summed E-state index contributed by atoms with van der Waals surface area (Å²) in [6.45, 7) is 1.01. The molecule has 0 aliphatic carbocycles. The highest BCUT2D eigenvalue weighted by Crippen LogP contribution is 2.25. The molecule has 0 unspecified atom stereocenters. The summed E-state index contributed by atoms with van der Waals surface area (Å²) in [6, 6.07) is 3.50. The first-order valence-corrected chi connectivity index (χ1v) is 5.99. The van der Waals surface area contributed by atoms with E-state index >= 15 is 0 Å². The third kappa shape index (κ3) is 4.39. The van der Waals surface area contributed by atoms with E-state index in [1.54, 1.807) is 19.1 Å². The molecule has 19 heavy (non-hydrogen) atoms. The first kappa shape index (κ1) is 15.2. The van der Waals surface area contributed by atoms with Crippen LogP contribution >= 0.6 is 11.6 Å². The lowest BCUT2D eigenvalue weighted by Gasteiger charge is -2.19. The van der Waals surface area contributed by atoms with Gasteiger partial charge < -0.3 is 15.0 Å². The van der Waals surface area contributed by atoms with Crippen LogP contribution < -0.4 is 10.2 Å². The monoisotopic (exact) mass is 282 g/mol. The average Bonchev–Trinajstić information content (AvgIpc) is 2.39. The summed E-state index contributed by atoms with van der Waals surface area (Å²) in [4.78, 5) is 17.3. The van der Waals surface area contributed by atoms with E-state index in [4.69, 9.17) is 21.6 Å². The van der Waals surface area contributed by atoms with Crippen LogP contribution in [-0.4, -0.2) is 44.7 Å². The fourth-order valence-corrected chi connectivity index (χ4v) is 1.72. The number of carbonyl (C=O) groups excluding carboxylic acids is 1. The standard InChI is InChI=1S/C12H15ClN4O2/c1-17(8-10(18)15-5-6-19-2)12-11(13)9(7-14)3-4-16-12/h3-4H,5-6,8H2,1-2H3,(H,15,18). The first-order chi connectivity index (χ1) is 9.10. The molecule has 1 aromatic rings. The Morgan fingerprint density at radius 2 is 2.42 bits per heavy atom. The van der Waals surface area contributed by atoms with Crippen molar-refractivity contribution >= 4 is 23.3 Å². The molecular formula is C12H15ClN4O2. The van der Waals surface area contributed by atoms with Crippen molar-refractivity contribution in [1.82, 2.24) is 10.3 Å². The molecule has 1 rings (SSSR count). The third-order valence-corrected chi connectivity index (χ3v) is 2.73. The Morgan fingerprint density at radius 3 is 3.05 bits per heavy atom. The van der Waals surface area contributed by atoms with Gasteiger partial charge in [0.2, 0.25) is 5.91 Å². The second kappa shape index (κ2) is 7.56. The van der Waals surface area contributed by atoms with E-state index in [-0.39, 0.29) is 17.5 Å². The molecule has 0 spiro atoms. The highest BCUT2D eigenvalue weighted by molar-refractivity contribution is 6.34. The van der Waals surface area contributed by atoms with Crippen molar-refractivity contribution in [2.45, 2.75) is 0 Å². The molecule has 0 atom stereocenters. The van der Waals surface area contributed by atoms with Gasteiger partial charge in [-0.05, 0) is 6.07 Å². The normalized spacial score (nSPS) is 9.79. The molecule has 0 aliphatic heterocycles. The summed E-state index contributed by atoms with van der Waals surface area (Å²) in [6.07, 6.45) is 1.49. The van der Waals surface area contributed by atoms with Gasteiger partial charge in [-0.2, -0.15) is 5.26 Å². The molecule has 1 amide bonds. The van der Waals surface area contributed by atoms with Crippen molar-refractivity contribution < 1.29 is 9.53 Å². The number of nitriles is 1. The highest BCUT2D eigenvalue weighted by Gasteiger charge is 2.14. The molecule has 1 aromatic heterocycles. The molecule has 0 bridgehead atoms. The van der Waals surface area contributed by atoms with Crippen LogP contribution in [0.5, 0.6) is 0 Å². The highest BCUT2D eigenvalue weighted by atomic mass is 35.5. The van der Waals surface area contributed by atoms with Gasteiger partial charge in [0, 0.05) is 26.9 Å². The number of aromatic nitrogens is 1. The van der Waals surface area contributed by atoms with Crippen LogP contribution in [-0.2, 0) is 9.53 Å². The lowest BCUT2D eigenvalue weighted by atomic mass is 10.3. The van der Waals surface area contributed by atoms with E-state index in [1.165, 1.54) is 12.3 Å². The molecule has 0 saturated heterocycles. The first-order valence-electron chi connectivity index (χ1n) is 5.61. The summed E-state index contributed by atoms with van der Waals surface area (Å²) in [5.41, 5.74) is 0.332. The van der Waals surface area contributed by atoms with Crippen LogP contribution in [0, 0.1) is 11.3 Å². The molecule has 1 N–H and O–H groups in total. The van der Waals surface area contributed by atoms with Gasteiger partial charge in [0.05, 0.1) is 18.7 Å². The number of methoxy groups -OCH3 is 1. The van der Waals surface area contributed by atoms with Crippen molar-refractivity contribution in [1.29, 1.82) is 5.26 Å². The Balaban J connectivity index is 2.66. The topological polar surface area (TPSA) is 78.2 Å². The maximum absolute atomic E-state index is 11.6. The number of nitrogens with zero attached hydrogens (tertiary/aromatic N) is 3. The number of pyridine rings is 1. The summed E-state index contributed by atoms with van der Waals surface area (Å²) in [5.74, 6) is 0.238. The second-order valence-electron chi connectivity index (χ2n) is 3.81. The van der Waals surface area contributed by atoms with Crippen LogP contribution in [0.2, 0.25) is 5.02 Å². The number of anilines is 1. The molecule has 0 aromatic carbocycles. The lowest BCUT2D eigenvalue weighted by molar-refractivity contribution is -0.119. The number of amides is 1. The largest absolute Gasteiger partial charge is 0.383 e. The van der Waals surface area contributed by atoms with Gasteiger partial charge in [-0.1, -0.05) is 11.6 Å². The summed E-state index contributed by atoms with van der Waals surface area (Å²) in [7, 11) is 3.25. The Bertz CT molecular complexity index is 487. The summed E-state index contributed by atoms with van der Waals surface area (Å²) < 4.78 is 4.83. The quantitative estimate of drug-likeness (QED) is 0.781. The molecule has 1 heterocycles. The van der Waals surface area contributed by atoms with E-state index in [1.807, 2.05) is 6.07 Å².